The van der Waals surface area contributed by atoms with E-state index in [2.05, 4.69) is 5.32 Å². The molecular formula is C12H15ClN2O4. The van der Waals surface area contributed by atoms with Crippen molar-refractivity contribution in [3.05, 3.63) is 38.9 Å². The van der Waals surface area contributed by atoms with E-state index in [1.807, 2.05) is 6.92 Å². The van der Waals surface area contributed by atoms with E-state index in [0.29, 0.717) is 26.2 Å². The van der Waals surface area contributed by atoms with Gasteiger partial charge in [-0.05, 0) is 25.5 Å². The number of benzene rings is 1. The summed E-state index contributed by atoms with van der Waals surface area (Å²) in [6.07, 6.45) is 0.647. The third-order valence-electron chi connectivity index (χ3n) is 2.36. The molecule has 1 N–H and O–H groups in total. The smallest absolute Gasteiger partial charge is 0.282 e. The highest BCUT2D eigenvalue weighted by Gasteiger charge is 2.19. The lowest BCUT2D eigenvalue weighted by atomic mass is 10.1. The van der Waals surface area contributed by atoms with Gasteiger partial charge in [0.2, 0.25) is 0 Å². The highest BCUT2D eigenvalue weighted by atomic mass is 35.5. The molecule has 0 aromatic heterocycles. The molecule has 0 unspecified atom stereocenters. The van der Waals surface area contributed by atoms with Crippen LogP contribution in [0.4, 0.5) is 5.69 Å². The van der Waals surface area contributed by atoms with Crippen LogP contribution >= 0.6 is 11.6 Å². The van der Waals surface area contributed by atoms with E-state index in [1.165, 1.54) is 18.2 Å². The highest BCUT2D eigenvalue weighted by molar-refractivity contribution is 6.31. The van der Waals surface area contributed by atoms with Crippen molar-refractivity contribution < 1.29 is 14.5 Å². The van der Waals surface area contributed by atoms with Crippen molar-refractivity contribution in [2.45, 2.75) is 13.3 Å². The monoisotopic (exact) mass is 286 g/mol. The normalized spacial score (nSPS) is 10.2. The fourth-order valence-electron chi connectivity index (χ4n) is 1.47. The quantitative estimate of drug-likeness (QED) is 0.474. The number of nitrogens with zero attached hydrogens (tertiary/aromatic N) is 1. The standard InChI is InChI=1S/C12H15ClN2O4/c1-2-19-7-3-6-14-12(16)10-8-9(13)4-5-11(10)15(17)18/h4-5,8H,2-3,6-7H2,1H3,(H,14,16). The molecule has 0 bridgehead atoms. The maximum absolute atomic E-state index is 11.8. The molecule has 104 valence electrons. The molecular weight excluding hydrogens is 272 g/mol. The van der Waals surface area contributed by atoms with Gasteiger partial charge < -0.3 is 10.1 Å². The first kappa shape index (κ1) is 15.4. The first-order valence-corrected chi connectivity index (χ1v) is 6.24. The van der Waals surface area contributed by atoms with Gasteiger partial charge in [-0.25, -0.2) is 0 Å². The Balaban J connectivity index is 2.65. The predicted octanol–water partition coefficient (Wildman–Crippen LogP) is 2.40. The van der Waals surface area contributed by atoms with E-state index in [4.69, 9.17) is 16.3 Å². The number of hydrogen-bond acceptors (Lipinski definition) is 4. The van der Waals surface area contributed by atoms with Gasteiger partial charge >= 0.3 is 0 Å². The fraction of sp³-hybridized carbons (Fsp3) is 0.417. The molecule has 0 fully saturated rings. The Morgan fingerprint density at radius 2 is 2.26 bits per heavy atom. The molecule has 0 radical (unpaired) electrons. The summed E-state index contributed by atoms with van der Waals surface area (Å²) in [5.74, 6) is -0.509. The zero-order valence-electron chi connectivity index (χ0n) is 10.5. The van der Waals surface area contributed by atoms with Crippen LogP contribution in [0.25, 0.3) is 0 Å². The number of rotatable bonds is 7. The molecule has 0 spiro atoms. The van der Waals surface area contributed by atoms with Crippen molar-refractivity contribution in [3.63, 3.8) is 0 Å². The van der Waals surface area contributed by atoms with E-state index in [0.717, 1.165) is 0 Å². The van der Waals surface area contributed by atoms with Crippen LogP contribution in [0.3, 0.4) is 0 Å². The lowest BCUT2D eigenvalue weighted by molar-refractivity contribution is -0.385. The van der Waals surface area contributed by atoms with Gasteiger partial charge in [-0.1, -0.05) is 11.6 Å². The Kier molecular flexibility index (Phi) is 6.24. The minimum Gasteiger partial charge on any atom is -0.382 e. The molecule has 7 heteroatoms. The fourth-order valence-corrected chi connectivity index (χ4v) is 1.64. The second-order valence-electron chi connectivity index (χ2n) is 3.72. The summed E-state index contributed by atoms with van der Waals surface area (Å²) < 4.78 is 5.12. The molecule has 1 amide bonds. The number of hydrogen-bond donors (Lipinski definition) is 1. The number of carbonyl (C=O) groups is 1. The lowest BCUT2D eigenvalue weighted by Crippen LogP contribution is -2.26. The Hall–Kier alpha value is -1.66. The molecule has 0 aliphatic carbocycles. The lowest BCUT2D eigenvalue weighted by Gasteiger charge is -2.06. The van der Waals surface area contributed by atoms with Crippen molar-refractivity contribution in [1.82, 2.24) is 5.32 Å². The molecule has 6 nitrogen and oxygen atoms in total. The summed E-state index contributed by atoms with van der Waals surface area (Å²) in [5.41, 5.74) is -0.291. The van der Waals surface area contributed by atoms with Crippen LogP contribution in [0.5, 0.6) is 0 Å². The van der Waals surface area contributed by atoms with Crippen LogP contribution in [0, 0.1) is 10.1 Å². The molecule has 1 aromatic rings. The minimum absolute atomic E-state index is 0.0334. The Morgan fingerprint density at radius 1 is 1.53 bits per heavy atom. The Morgan fingerprint density at radius 3 is 2.89 bits per heavy atom. The van der Waals surface area contributed by atoms with Crippen LogP contribution in [0.2, 0.25) is 5.02 Å². The van der Waals surface area contributed by atoms with Gasteiger partial charge in [-0.3, -0.25) is 14.9 Å². The first-order valence-electron chi connectivity index (χ1n) is 5.86. The average Bonchev–Trinajstić information content (AvgIpc) is 2.37. The second-order valence-corrected chi connectivity index (χ2v) is 4.16. The third-order valence-corrected chi connectivity index (χ3v) is 2.59. The number of nitro benzene ring substituents is 1. The number of carbonyl (C=O) groups excluding carboxylic acids is 1. The molecule has 0 atom stereocenters. The molecule has 0 aliphatic rings. The van der Waals surface area contributed by atoms with Crippen molar-refractivity contribution in [2.24, 2.45) is 0 Å². The van der Waals surface area contributed by atoms with Gasteiger partial charge in [0.25, 0.3) is 11.6 Å². The summed E-state index contributed by atoms with van der Waals surface area (Å²) in [7, 11) is 0. The zero-order chi connectivity index (χ0) is 14.3. The van der Waals surface area contributed by atoms with E-state index in [9.17, 15) is 14.9 Å². The number of halogens is 1. The van der Waals surface area contributed by atoms with E-state index >= 15 is 0 Å². The SMILES string of the molecule is CCOCCCNC(=O)c1cc(Cl)ccc1[N+](=O)[O-]. The van der Waals surface area contributed by atoms with Crippen LogP contribution in [-0.4, -0.2) is 30.6 Å². The molecule has 0 aliphatic heterocycles. The van der Waals surface area contributed by atoms with E-state index < -0.39 is 10.8 Å². The third kappa shape index (κ3) is 4.84. The number of amides is 1. The molecule has 0 saturated heterocycles. The molecule has 19 heavy (non-hydrogen) atoms. The highest BCUT2D eigenvalue weighted by Crippen LogP contribution is 2.22. The van der Waals surface area contributed by atoms with Crippen LogP contribution in [-0.2, 0) is 4.74 Å². The molecule has 0 saturated carbocycles. The first-order chi connectivity index (χ1) is 9.06. The van der Waals surface area contributed by atoms with Crippen molar-refractivity contribution >= 4 is 23.2 Å². The summed E-state index contributed by atoms with van der Waals surface area (Å²) in [6, 6.07) is 3.89. The topological polar surface area (TPSA) is 81.5 Å². The largest absolute Gasteiger partial charge is 0.382 e. The molecule has 1 aromatic carbocycles. The number of ether oxygens (including phenoxy) is 1. The minimum atomic E-state index is -0.606. The van der Waals surface area contributed by atoms with Gasteiger partial charge in [0.1, 0.15) is 5.56 Å². The summed E-state index contributed by atoms with van der Waals surface area (Å²) in [6.45, 7) is 3.43. The van der Waals surface area contributed by atoms with Crippen LogP contribution < -0.4 is 5.32 Å². The maximum Gasteiger partial charge on any atom is 0.282 e. The van der Waals surface area contributed by atoms with Gasteiger partial charge in [-0.2, -0.15) is 0 Å². The Labute approximate surface area is 115 Å². The number of nitro groups is 1. The zero-order valence-corrected chi connectivity index (χ0v) is 11.3. The molecule has 0 heterocycles. The van der Waals surface area contributed by atoms with Gasteiger partial charge in [0.15, 0.2) is 0 Å². The predicted molar refractivity (Wildman–Crippen MR) is 71.5 cm³/mol. The summed E-state index contributed by atoms with van der Waals surface area (Å²) in [4.78, 5) is 22.0. The van der Waals surface area contributed by atoms with Crippen molar-refractivity contribution in [3.8, 4) is 0 Å². The van der Waals surface area contributed by atoms with Crippen molar-refractivity contribution in [1.29, 1.82) is 0 Å². The van der Waals surface area contributed by atoms with Gasteiger partial charge in [0.05, 0.1) is 4.92 Å². The summed E-state index contributed by atoms with van der Waals surface area (Å²) in [5, 5.41) is 13.7. The van der Waals surface area contributed by atoms with Gasteiger partial charge in [-0.15, -0.1) is 0 Å². The second kappa shape index (κ2) is 7.70. The van der Waals surface area contributed by atoms with E-state index in [-0.39, 0.29) is 16.3 Å². The van der Waals surface area contributed by atoms with Crippen molar-refractivity contribution in [2.75, 3.05) is 19.8 Å². The number of nitrogens with one attached hydrogen (secondary N) is 1. The van der Waals surface area contributed by atoms with Crippen LogP contribution in [0.1, 0.15) is 23.7 Å². The average molecular weight is 287 g/mol. The van der Waals surface area contributed by atoms with E-state index in [1.54, 1.807) is 0 Å². The van der Waals surface area contributed by atoms with Crippen LogP contribution in [0.15, 0.2) is 18.2 Å². The Bertz CT molecular complexity index is 465. The summed E-state index contributed by atoms with van der Waals surface area (Å²) >= 11 is 5.75. The molecule has 1 rings (SSSR count). The van der Waals surface area contributed by atoms with Gasteiger partial charge in [0, 0.05) is 30.8 Å². The maximum atomic E-state index is 11.8.